The van der Waals surface area contributed by atoms with Crippen LogP contribution in [0.3, 0.4) is 0 Å². The minimum absolute atomic E-state index is 0.0742. The Morgan fingerprint density at radius 2 is 0.915 bits per heavy atom. The Labute approximate surface area is 360 Å². The molecule has 0 bridgehead atoms. The van der Waals surface area contributed by atoms with Crippen molar-refractivity contribution in [1.82, 2.24) is 14.7 Å². The molecule has 0 radical (unpaired) electrons. The van der Waals surface area contributed by atoms with Crippen molar-refractivity contribution < 1.29 is 20.1 Å². The standard InChI is InChI=1S/C27H46N2O2.C23H39NO2.C2H2/c1-26-10-9-22-21(23(26)17-24(25(26)30)29-11-3-4-12-29)8-6-19-5-7-20(18-27(19,22)2)28-13-15-31-16-14-28;1-22-10-9-18-17(8-6-15-5-7-16(25)14-23(15,18)2)19(22)13-20(21(22)26)24-11-3-4-12-24;1-2/h19-25,30H,3-18H2,1-2H3;15-21,25-26H,3-14H2,1-2H3;1-2H/t19?,20?,21?,22?,23?,24-,25?,26+,27?;15?,16?,17?,18?,19?,20?,21-,22?,23?;/m10./s1. The number of aliphatic hydroxyl groups is 3. The molecule has 18 atom stereocenters. The molecule has 59 heavy (non-hydrogen) atoms. The summed E-state index contributed by atoms with van der Waals surface area (Å²) in [5.74, 6) is 6.50. The third-order valence-electron chi connectivity index (χ3n) is 21.9. The maximum atomic E-state index is 11.5. The van der Waals surface area contributed by atoms with Gasteiger partial charge in [0.25, 0.3) is 0 Å². The molecule has 15 unspecified atom stereocenters. The van der Waals surface area contributed by atoms with E-state index in [0.717, 1.165) is 86.6 Å². The normalized spacial score (nSPS) is 53.6. The topological polar surface area (TPSA) is 79.6 Å². The number of nitrogens with zero attached hydrogens (tertiary/aromatic N) is 3. The molecule has 11 fully saturated rings. The van der Waals surface area contributed by atoms with Crippen molar-refractivity contribution in [2.24, 2.45) is 69.0 Å². The number of fused-ring (bicyclic) bond motifs is 10. The second-order valence-corrected chi connectivity index (χ2v) is 23.9. The maximum absolute atomic E-state index is 11.5. The number of hydrogen-bond acceptors (Lipinski definition) is 7. The fourth-order valence-corrected chi connectivity index (χ4v) is 18.7. The third-order valence-corrected chi connectivity index (χ3v) is 21.9. The fraction of sp³-hybridized carbons (Fsp3) is 0.962. The number of morpholine rings is 1. The molecule has 11 rings (SSSR count). The lowest BCUT2D eigenvalue weighted by Crippen LogP contribution is -2.57. The van der Waals surface area contributed by atoms with Crippen LogP contribution in [0.15, 0.2) is 0 Å². The Morgan fingerprint density at radius 3 is 1.41 bits per heavy atom. The third kappa shape index (κ3) is 7.26. The van der Waals surface area contributed by atoms with Crippen LogP contribution in [0.1, 0.15) is 156 Å². The molecule has 0 aromatic heterocycles. The van der Waals surface area contributed by atoms with E-state index in [1.165, 1.54) is 142 Å². The molecule has 11 aliphatic rings. The van der Waals surface area contributed by atoms with Crippen molar-refractivity contribution in [3.8, 4) is 12.8 Å². The highest BCUT2D eigenvalue weighted by Gasteiger charge is 2.65. The van der Waals surface area contributed by atoms with Crippen LogP contribution in [0.4, 0.5) is 0 Å². The first kappa shape index (κ1) is 43.5. The zero-order valence-electron chi connectivity index (χ0n) is 38.1. The molecular formula is C52H87N3O4. The van der Waals surface area contributed by atoms with Crippen molar-refractivity contribution in [3.05, 3.63) is 0 Å². The highest BCUT2D eigenvalue weighted by molar-refractivity contribution is 5.15. The molecule has 8 saturated carbocycles. The monoisotopic (exact) mass is 818 g/mol. The van der Waals surface area contributed by atoms with Gasteiger partial charge in [0.05, 0.1) is 31.5 Å². The smallest absolute Gasteiger partial charge is 0.0751 e. The van der Waals surface area contributed by atoms with Crippen molar-refractivity contribution in [2.45, 2.75) is 193 Å². The summed E-state index contributed by atoms with van der Waals surface area (Å²) in [5, 5.41) is 33.3. The average Bonchev–Trinajstić information content (AvgIpc) is 4.06. The molecular weight excluding hydrogens is 731 g/mol. The molecule has 8 aliphatic carbocycles. The predicted molar refractivity (Wildman–Crippen MR) is 238 cm³/mol. The lowest BCUT2D eigenvalue weighted by atomic mass is 9.45. The minimum Gasteiger partial charge on any atom is -0.393 e. The van der Waals surface area contributed by atoms with Gasteiger partial charge in [-0.2, -0.15) is 0 Å². The summed E-state index contributed by atoms with van der Waals surface area (Å²) in [5.41, 5.74) is 1.15. The zero-order valence-corrected chi connectivity index (χ0v) is 38.1. The number of terminal acetylenes is 1. The summed E-state index contributed by atoms with van der Waals surface area (Å²) >= 11 is 0. The van der Waals surface area contributed by atoms with Gasteiger partial charge in [0, 0.05) is 31.2 Å². The first-order valence-corrected chi connectivity index (χ1v) is 25.6. The molecule has 7 nitrogen and oxygen atoms in total. The van der Waals surface area contributed by atoms with E-state index in [1.807, 2.05) is 0 Å². The SMILES string of the molecule is C#C.CC12CC(N3CCOCC3)CCC1CCC1C2CC[C@@]2(C)C1C[C@@H](N1CCCC1)C2O.CC12CC(O)CCC1CCC1C2CCC2(C)C1CC(N1CCCC1)[C@@H]2O. The largest absolute Gasteiger partial charge is 0.393 e. The summed E-state index contributed by atoms with van der Waals surface area (Å²) in [4.78, 5) is 8.04. The van der Waals surface area contributed by atoms with Gasteiger partial charge in [0.2, 0.25) is 0 Å². The van der Waals surface area contributed by atoms with E-state index in [-0.39, 0.29) is 29.1 Å². The van der Waals surface area contributed by atoms with E-state index >= 15 is 0 Å². The summed E-state index contributed by atoms with van der Waals surface area (Å²) in [6, 6.07) is 1.63. The van der Waals surface area contributed by atoms with Crippen LogP contribution in [-0.4, -0.2) is 119 Å². The Hall–Kier alpha value is -0.720. The summed E-state index contributed by atoms with van der Waals surface area (Å²) in [6.07, 6.45) is 33.8. The van der Waals surface area contributed by atoms with Gasteiger partial charge in [-0.1, -0.05) is 27.7 Å². The first-order valence-electron chi connectivity index (χ1n) is 25.6. The van der Waals surface area contributed by atoms with Crippen molar-refractivity contribution in [2.75, 3.05) is 52.5 Å². The average molecular weight is 818 g/mol. The van der Waals surface area contributed by atoms with Gasteiger partial charge in [-0.3, -0.25) is 14.7 Å². The molecule has 0 aromatic rings. The van der Waals surface area contributed by atoms with Gasteiger partial charge in [-0.25, -0.2) is 0 Å². The molecule has 3 aliphatic heterocycles. The van der Waals surface area contributed by atoms with E-state index in [0.29, 0.717) is 28.8 Å². The van der Waals surface area contributed by atoms with Crippen LogP contribution < -0.4 is 0 Å². The number of ether oxygens (including phenoxy) is 1. The Kier molecular flexibility index (Phi) is 12.5. The molecule has 0 aromatic carbocycles. The zero-order chi connectivity index (χ0) is 41.3. The highest BCUT2D eigenvalue weighted by atomic mass is 16.5. The van der Waals surface area contributed by atoms with Crippen LogP contribution in [-0.2, 0) is 4.74 Å². The van der Waals surface area contributed by atoms with Crippen LogP contribution in [0.2, 0.25) is 0 Å². The molecule has 3 N–H and O–H groups in total. The lowest BCUT2D eigenvalue weighted by molar-refractivity contribution is -0.138. The second-order valence-electron chi connectivity index (χ2n) is 23.9. The minimum atomic E-state index is -0.131. The number of hydrogen-bond donors (Lipinski definition) is 3. The van der Waals surface area contributed by atoms with Crippen molar-refractivity contribution in [1.29, 1.82) is 0 Å². The number of rotatable bonds is 3. The lowest BCUT2D eigenvalue weighted by Gasteiger charge is -2.61. The van der Waals surface area contributed by atoms with Gasteiger partial charge in [0.15, 0.2) is 0 Å². The van der Waals surface area contributed by atoms with E-state index in [9.17, 15) is 15.3 Å². The van der Waals surface area contributed by atoms with E-state index in [4.69, 9.17) is 4.74 Å². The van der Waals surface area contributed by atoms with Crippen molar-refractivity contribution in [3.63, 3.8) is 0 Å². The molecule has 0 spiro atoms. The second kappa shape index (κ2) is 17.0. The maximum Gasteiger partial charge on any atom is 0.0751 e. The van der Waals surface area contributed by atoms with Gasteiger partial charge >= 0.3 is 0 Å². The summed E-state index contributed by atoms with van der Waals surface area (Å²) < 4.78 is 5.66. The first-order chi connectivity index (χ1) is 28.4. The Balaban J connectivity index is 0.000000148. The van der Waals surface area contributed by atoms with Crippen LogP contribution in [0, 0.1) is 81.8 Å². The van der Waals surface area contributed by atoms with Crippen LogP contribution in [0.5, 0.6) is 0 Å². The quantitative estimate of drug-likeness (QED) is 0.248. The van der Waals surface area contributed by atoms with Crippen LogP contribution in [0.25, 0.3) is 0 Å². The number of likely N-dealkylation sites (tertiary alicyclic amines) is 2. The Bertz CT molecular complexity index is 1460. The van der Waals surface area contributed by atoms with Gasteiger partial charge in [0.1, 0.15) is 0 Å². The molecule has 0 amide bonds. The van der Waals surface area contributed by atoms with Crippen LogP contribution >= 0.6 is 0 Å². The summed E-state index contributed by atoms with van der Waals surface area (Å²) in [6.45, 7) is 19.1. The van der Waals surface area contributed by atoms with Gasteiger partial charge in [-0.15, -0.1) is 12.8 Å². The van der Waals surface area contributed by atoms with E-state index < -0.39 is 0 Å². The predicted octanol–water partition coefficient (Wildman–Crippen LogP) is 8.24. The van der Waals surface area contributed by atoms with Gasteiger partial charge < -0.3 is 20.1 Å². The van der Waals surface area contributed by atoms with E-state index in [2.05, 4.69) is 55.2 Å². The molecule has 7 heteroatoms. The Morgan fingerprint density at radius 1 is 0.475 bits per heavy atom. The van der Waals surface area contributed by atoms with Gasteiger partial charge in [-0.05, 0) is 224 Å². The fourth-order valence-electron chi connectivity index (χ4n) is 18.7. The number of aliphatic hydroxyl groups excluding tert-OH is 3. The molecule has 334 valence electrons. The molecule has 3 heterocycles. The van der Waals surface area contributed by atoms with E-state index in [1.54, 1.807) is 0 Å². The molecule has 3 saturated heterocycles. The van der Waals surface area contributed by atoms with Crippen molar-refractivity contribution >= 4 is 0 Å². The summed E-state index contributed by atoms with van der Waals surface area (Å²) in [7, 11) is 0. The highest BCUT2D eigenvalue weighted by Crippen LogP contribution is 2.68.